The fourth-order valence-corrected chi connectivity index (χ4v) is 3.56. The first-order chi connectivity index (χ1) is 13.9. The van der Waals surface area contributed by atoms with Crippen LogP contribution in [0.3, 0.4) is 0 Å². The molecule has 1 aromatic carbocycles. The van der Waals surface area contributed by atoms with E-state index in [1.807, 2.05) is 61.2 Å². The molecule has 0 aliphatic heterocycles. The van der Waals surface area contributed by atoms with Gasteiger partial charge in [0.1, 0.15) is 28.7 Å². The highest BCUT2D eigenvalue weighted by atomic mass is 32.1. The Balaban J connectivity index is 2.21. The summed E-state index contributed by atoms with van der Waals surface area (Å²) >= 11 is 1.51. The maximum atomic E-state index is 5.73. The van der Waals surface area contributed by atoms with Gasteiger partial charge in [0.05, 0.1) is 26.5 Å². The highest BCUT2D eigenvalue weighted by Crippen LogP contribution is 2.33. The fourth-order valence-electron chi connectivity index (χ4n) is 2.73. The third kappa shape index (κ3) is 4.68. The van der Waals surface area contributed by atoms with Gasteiger partial charge < -0.3 is 13.9 Å². The molecule has 0 aliphatic carbocycles. The van der Waals surface area contributed by atoms with Crippen molar-refractivity contribution in [1.82, 2.24) is 4.68 Å². The van der Waals surface area contributed by atoms with Crippen molar-refractivity contribution in [3.05, 3.63) is 64.2 Å². The van der Waals surface area contributed by atoms with Gasteiger partial charge in [0.15, 0.2) is 0 Å². The lowest BCUT2D eigenvalue weighted by molar-refractivity contribution is 0.404. The highest BCUT2D eigenvalue weighted by molar-refractivity contribution is 7.07. The molecule has 2 heterocycles. The molecule has 0 aliphatic rings. The van der Waals surface area contributed by atoms with Gasteiger partial charge in [-0.15, -0.1) is 11.3 Å². The van der Waals surface area contributed by atoms with Gasteiger partial charge in [-0.05, 0) is 51.1 Å². The van der Waals surface area contributed by atoms with E-state index in [4.69, 9.17) is 19.0 Å². The maximum absolute atomic E-state index is 5.73. The Morgan fingerprint density at radius 1 is 1.17 bits per heavy atom. The van der Waals surface area contributed by atoms with E-state index in [0.717, 1.165) is 50.4 Å². The average Bonchev–Trinajstić information content (AvgIpc) is 3.32. The molecule has 2 aromatic heterocycles. The Kier molecular flexibility index (Phi) is 6.39. The second-order valence-electron chi connectivity index (χ2n) is 6.65. The van der Waals surface area contributed by atoms with Crippen LogP contribution < -0.4 is 14.3 Å². The molecule has 29 heavy (non-hydrogen) atoms. The van der Waals surface area contributed by atoms with Crippen LogP contribution in [-0.2, 0) is 0 Å². The molecule has 0 N–H and O–H groups in total. The van der Waals surface area contributed by atoms with E-state index in [1.54, 1.807) is 14.2 Å². The minimum atomic E-state index is 0.531. The molecule has 0 amide bonds. The number of rotatable bonds is 7. The highest BCUT2D eigenvalue weighted by Gasteiger charge is 2.15. The van der Waals surface area contributed by atoms with Crippen LogP contribution in [0.5, 0.6) is 11.5 Å². The Morgan fingerprint density at radius 2 is 1.97 bits per heavy atom. The van der Waals surface area contributed by atoms with Crippen molar-refractivity contribution in [3.63, 3.8) is 0 Å². The van der Waals surface area contributed by atoms with Crippen LogP contribution in [0.15, 0.2) is 62.4 Å². The van der Waals surface area contributed by atoms with Crippen LogP contribution >= 0.6 is 11.3 Å². The minimum Gasteiger partial charge on any atom is -0.497 e. The lowest BCUT2D eigenvalue weighted by atomic mass is 10.1. The number of benzene rings is 1. The number of hydrogen-bond acceptors (Lipinski definition) is 6. The van der Waals surface area contributed by atoms with Gasteiger partial charge in [0.25, 0.3) is 0 Å². The van der Waals surface area contributed by atoms with E-state index in [9.17, 15) is 0 Å². The Labute approximate surface area is 174 Å². The molecule has 0 spiro atoms. The van der Waals surface area contributed by atoms with E-state index in [2.05, 4.69) is 11.6 Å². The molecular weight excluding hydrogens is 386 g/mol. The van der Waals surface area contributed by atoms with Crippen molar-refractivity contribution >= 4 is 17.0 Å². The van der Waals surface area contributed by atoms with Crippen LogP contribution in [0.1, 0.15) is 25.4 Å². The molecule has 3 aromatic rings. The first kappa shape index (κ1) is 20.7. The van der Waals surface area contributed by atoms with Crippen LogP contribution in [-0.4, -0.2) is 31.2 Å². The average molecular weight is 412 g/mol. The van der Waals surface area contributed by atoms with Crippen molar-refractivity contribution in [1.29, 1.82) is 0 Å². The van der Waals surface area contributed by atoms with E-state index >= 15 is 0 Å². The zero-order chi connectivity index (χ0) is 21.0. The first-order valence-electron chi connectivity index (χ1n) is 9.13. The maximum Gasteiger partial charge on any atom is 0.206 e. The number of aryl methyl sites for hydroxylation is 1. The summed E-state index contributed by atoms with van der Waals surface area (Å²) in [5.41, 5.74) is 3.45. The lowest BCUT2D eigenvalue weighted by Crippen LogP contribution is -2.15. The summed E-state index contributed by atoms with van der Waals surface area (Å²) < 4.78 is 18.5. The SMILES string of the molecule is C=C(C)CN=c1scc(-c2cc(OC)ccc2OC)n1N=C(C)c1ccc(C)o1. The van der Waals surface area contributed by atoms with Crippen LogP contribution in [0, 0.1) is 6.92 Å². The lowest BCUT2D eigenvalue weighted by Gasteiger charge is -2.11. The zero-order valence-corrected chi connectivity index (χ0v) is 18.2. The van der Waals surface area contributed by atoms with Crippen LogP contribution in [0.2, 0.25) is 0 Å². The number of ether oxygens (including phenoxy) is 2. The predicted molar refractivity (Wildman–Crippen MR) is 117 cm³/mol. The third-order valence-corrected chi connectivity index (χ3v) is 5.05. The van der Waals surface area contributed by atoms with Gasteiger partial charge in [-0.3, -0.25) is 4.99 Å². The Hall–Kier alpha value is -3.06. The smallest absolute Gasteiger partial charge is 0.206 e. The molecule has 0 radical (unpaired) electrons. The molecule has 0 bridgehead atoms. The summed E-state index contributed by atoms with van der Waals surface area (Å²) in [6.07, 6.45) is 0. The summed E-state index contributed by atoms with van der Waals surface area (Å²) in [4.78, 5) is 5.43. The van der Waals surface area contributed by atoms with Crippen molar-refractivity contribution in [3.8, 4) is 22.8 Å². The van der Waals surface area contributed by atoms with Crippen molar-refractivity contribution in [2.45, 2.75) is 20.8 Å². The number of furan rings is 1. The number of thiazole rings is 1. The van der Waals surface area contributed by atoms with Gasteiger partial charge in [0, 0.05) is 10.9 Å². The van der Waals surface area contributed by atoms with Crippen molar-refractivity contribution in [2.75, 3.05) is 20.8 Å². The van der Waals surface area contributed by atoms with Gasteiger partial charge in [-0.25, -0.2) is 4.68 Å². The van der Waals surface area contributed by atoms with Crippen LogP contribution in [0.4, 0.5) is 0 Å². The van der Waals surface area contributed by atoms with Crippen molar-refractivity contribution < 1.29 is 13.9 Å². The monoisotopic (exact) mass is 411 g/mol. The molecule has 0 saturated heterocycles. The quantitative estimate of drug-likeness (QED) is 0.411. The van der Waals surface area contributed by atoms with Gasteiger partial charge in [0.2, 0.25) is 4.80 Å². The topological polar surface area (TPSA) is 61.2 Å². The molecule has 6 nitrogen and oxygen atoms in total. The molecule has 0 fully saturated rings. The van der Waals surface area contributed by atoms with Gasteiger partial charge >= 0.3 is 0 Å². The van der Waals surface area contributed by atoms with Gasteiger partial charge in [-0.1, -0.05) is 12.2 Å². The molecule has 152 valence electrons. The summed E-state index contributed by atoms with van der Waals surface area (Å²) in [6, 6.07) is 9.52. The Morgan fingerprint density at radius 3 is 2.59 bits per heavy atom. The third-order valence-electron chi connectivity index (χ3n) is 4.20. The van der Waals surface area contributed by atoms with E-state index in [1.165, 1.54) is 11.3 Å². The molecule has 3 rings (SSSR count). The first-order valence-corrected chi connectivity index (χ1v) is 10.0. The second kappa shape index (κ2) is 8.96. The largest absolute Gasteiger partial charge is 0.497 e. The van der Waals surface area contributed by atoms with Gasteiger partial charge in [-0.2, -0.15) is 5.10 Å². The Bertz CT molecular complexity index is 1120. The molecular formula is C22H25N3O3S. The number of nitrogens with zero attached hydrogens (tertiary/aromatic N) is 3. The van der Waals surface area contributed by atoms with E-state index in [-0.39, 0.29) is 0 Å². The van der Waals surface area contributed by atoms with Crippen molar-refractivity contribution in [2.24, 2.45) is 10.1 Å². The zero-order valence-electron chi connectivity index (χ0n) is 17.4. The molecule has 7 heteroatoms. The minimum absolute atomic E-state index is 0.531. The van der Waals surface area contributed by atoms with E-state index in [0.29, 0.717) is 6.54 Å². The van der Waals surface area contributed by atoms with E-state index < -0.39 is 0 Å². The summed E-state index contributed by atoms with van der Waals surface area (Å²) in [5.74, 6) is 3.02. The number of aromatic nitrogens is 1. The molecule has 0 atom stereocenters. The normalized spacial score (nSPS) is 12.3. The standard InChI is InChI=1S/C22H25N3O3S/c1-14(2)12-23-22-25(24-16(4)20-9-7-15(3)28-20)19(13-29-22)18-11-17(26-5)8-10-21(18)27-6/h7-11,13H,1,12H2,2-6H3. The summed E-state index contributed by atoms with van der Waals surface area (Å²) in [5, 5.41) is 6.83. The summed E-state index contributed by atoms with van der Waals surface area (Å²) in [7, 11) is 3.29. The second-order valence-corrected chi connectivity index (χ2v) is 7.49. The molecule has 0 unspecified atom stereocenters. The fraction of sp³-hybridized carbons (Fsp3) is 0.273. The summed E-state index contributed by atoms with van der Waals surface area (Å²) in [6.45, 7) is 10.2. The molecule has 0 saturated carbocycles. The number of hydrogen-bond donors (Lipinski definition) is 0. The predicted octanol–water partition coefficient (Wildman–Crippen LogP) is 4.88. The number of methoxy groups -OCH3 is 2. The van der Waals surface area contributed by atoms with Crippen LogP contribution in [0.25, 0.3) is 11.3 Å².